The first-order valence-electron chi connectivity index (χ1n) is 5.92. The summed E-state index contributed by atoms with van der Waals surface area (Å²) in [6.45, 7) is 2.29. The Morgan fingerprint density at radius 1 is 1.29 bits per heavy atom. The fourth-order valence-corrected chi connectivity index (χ4v) is 1.75. The molecule has 0 spiro atoms. The molecule has 90 valence electrons. The second-order valence-electron chi connectivity index (χ2n) is 4.19. The van der Waals surface area contributed by atoms with Gasteiger partial charge in [-0.3, -0.25) is 0 Å². The maximum absolute atomic E-state index is 8.71. The molecule has 0 amide bonds. The molecule has 0 aliphatic heterocycles. The first-order chi connectivity index (χ1) is 8.29. The average Bonchev–Trinajstić information content (AvgIpc) is 2.78. The van der Waals surface area contributed by atoms with Crippen LogP contribution in [0.4, 0.5) is 0 Å². The average molecular weight is 231 g/mol. The van der Waals surface area contributed by atoms with E-state index in [-0.39, 0.29) is 6.61 Å². The summed E-state index contributed by atoms with van der Waals surface area (Å²) in [4.78, 5) is 4.45. The molecule has 1 aromatic carbocycles. The molecule has 1 N–H and O–H groups in total. The van der Waals surface area contributed by atoms with Gasteiger partial charge < -0.3 is 9.52 Å². The molecule has 0 radical (unpaired) electrons. The van der Waals surface area contributed by atoms with E-state index in [9.17, 15) is 0 Å². The highest BCUT2D eigenvalue weighted by molar-refractivity contribution is 5.54. The van der Waals surface area contributed by atoms with E-state index in [0.717, 1.165) is 30.5 Å². The summed E-state index contributed by atoms with van der Waals surface area (Å²) in [5.74, 6) is 0.674. The first-order valence-corrected chi connectivity index (χ1v) is 5.92. The molecule has 0 aliphatic carbocycles. The lowest BCUT2D eigenvalue weighted by Gasteiger charge is -1.96. The van der Waals surface area contributed by atoms with Gasteiger partial charge in [0, 0.05) is 12.2 Å². The van der Waals surface area contributed by atoms with Crippen LogP contribution in [-0.2, 0) is 6.42 Å². The minimum atomic E-state index is 0.239. The molecule has 0 saturated carbocycles. The summed E-state index contributed by atoms with van der Waals surface area (Å²) in [6, 6.07) is 8.11. The molecule has 1 aromatic heterocycles. The van der Waals surface area contributed by atoms with Gasteiger partial charge >= 0.3 is 0 Å². The van der Waals surface area contributed by atoms with Crippen LogP contribution in [0.1, 0.15) is 24.1 Å². The van der Waals surface area contributed by atoms with E-state index in [1.165, 1.54) is 5.56 Å². The van der Waals surface area contributed by atoms with Gasteiger partial charge in [0.1, 0.15) is 6.26 Å². The van der Waals surface area contributed by atoms with Gasteiger partial charge in [0.2, 0.25) is 5.89 Å². The van der Waals surface area contributed by atoms with E-state index in [4.69, 9.17) is 9.52 Å². The molecule has 2 aromatic rings. The molecule has 0 unspecified atom stereocenters. The number of benzene rings is 1. The van der Waals surface area contributed by atoms with Gasteiger partial charge in [-0.2, -0.15) is 0 Å². The second-order valence-corrected chi connectivity index (χ2v) is 4.19. The number of aryl methyl sites for hydroxylation is 2. The van der Waals surface area contributed by atoms with Gasteiger partial charge in [-0.1, -0.05) is 17.7 Å². The zero-order valence-electron chi connectivity index (χ0n) is 10.0. The van der Waals surface area contributed by atoms with Crippen LogP contribution in [0.5, 0.6) is 0 Å². The highest BCUT2D eigenvalue weighted by atomic mass is 16.3. The molecule has 0 fully saturated rings. The van der Waals surface area contributed by atoms with Crippen molar-refractivity contribution in [3.63, 3.8) is 0 Å². The van der Waals surface area contributed by atoms with Crippen molar-refractivity contribution >= 4 is 0 Å². The molecule has 1 heterocycles. The zero-order valence-corrected chi connectivity index (χ0v) is 10.0. The van der Waals surface area contributed by atoms with Crippen LogP contribution in [-0.4, -0.2) is 16.7 Å². The van der Waals surface area contributed by atoms with Crippen molar-refractivity contribution < 1.29 is 9.52 Å². The molecule has 2 rings (SSSR count). The first kappa shape index (κ1) is 11.9. The van der Waals surface area contributed by atoms with E-state index in [1.807, 2.05) is 12.1 Å². The number of oxazole rings is 1. The van der Waals surface area contributed by atoms with Gasteiger partial charge in [0.15, 0.2) is 0 Å². The van der Waals surface area contributed by atoms with Gasteiger partial charge in [0.25, 0.3) is 0 Å². The Morgan fingerprint density at radius 2 is 2.18 bits per heavy atom. The van der Waals surface area contributed by atoms with Crippen molar-refractivity contribution in [1.82, 2.24) is 4.98 Å². The summed E-state index contributed by atoms with van der Waals surface area (Å²) < 4.78 is 5.46. The second kappa shape index (κ2) is 5.64. The van der Waals surface area contributed by atoms with Crippen LogP contribution in [0.3, 0.4) is 0 Å². The predicted molar refractivity (Wildman–Crippen MR) is 66.7 cm³/mol. The number of unbranched alkanes of at least 4 members (excludes halogenated alkanes) is 1. The Balaban J connectivity index is 2.07. The Bertz CT molecular complexity index is 477. The van der Waals surface area contributed by atoms with Crippen molar-refractivity contribution in [2.24, 2.45) is 0 Å². The topological polar surface area (TPSA) is 46.3 Å². The van der Waals surface area contributed by atoms with E-state index >= 15 is 0 Å². The number of hydrogen-bond donors (Lipinski definition) is 1. The molecular weight excluding hydrogens is 214 g/mol. The molecule has 3 nitrogen and oxygen atoms in total. The quantitative estimate of drug-likeness (QED) is 0.805. The smallest absolute Gasteiger partial charge is 0.226 e. The Labute approximate surface area is 101 Å². The van der Waals surface area contributed by atoms with Crippen LogP contribution in [0.15, 0.2) is 34.9 Å². The Hall–Kier alpha value is -1.61. The van der Waals surface area contributed by atoms with E-state index in [1.54, 1.807) is 6.26 Å². The summed E-state index contributed by atoms with van der Waals surface area (Å²) in [5.41, 5.74) is 3.16. The molecule has 17 heavy (non-hydrogen) atoms. The van der Waals surface area contributed by atoms with Crippen LogP contribution >= 0.6 is 0 Å². The van der Waals surface area contributed by atoms with Crippen LogP contribution in [0.25, 0.3) is 11.5 Å². The number of aliphatic hydroxyl groups is 1. The molecule has 3 heteroatoms. The number of aromatic nitrogens is 1. The van der Waals surface area contributed by atoms with E-state index in [0.29, 0.717) is 5.89 Å². The van der Waals surface area contributed by atoms with E-state index < -0.39 is 0 Å². The summed E-state index contributed by atoms with van der Waals surface area (Å²) in [5, 5.41) is 8.71. The summed E-state index contributed by atoms with van der Waals surface area (Å²) in [7, 11) is 0. The monoisotopic (exact) mass is 231 g/mol. The summed E-state index contributed by atoms with van der Waals surface area (Å²) >= 11 is 0. The molecule has 0 aliphatic rings. The van der Waals surface area contributed by atoms with Crippen LogP contribution in [0, 0.1) is 6.92 Å². The fraction of sp³-hybridized carbons (Fsp3) is 0.357. The highest BCUT2D eigenvalue weighted by Gasteiger charge is 2.06. The van der Waals surface area contributed by atoms with Crippen molar-refractivity contribution in [3.8, 4) is 11.5 Å². The highest BCUT2D eigenvalue weighted by Crippen LogP contribution is 2.20. The van der Waals surface area contributed by atoms with E-state index in [2.05, 4.69) is 24.0 Å². The predicted octanol–water partition coefficient (Wildman–Crippen LogP) is 2.97. The van der Waals surface area contributed by atoms with Crippen LogP contribution < -0.4 is 0 Å². The molecule has 0 saturated heterocycles. The number of rotatable bonds is 5. The third kappa shape index (κ3) is 3.17. The van der Waals surface area contributed by atoms with Crippen molar-refractivity contribution in [2.75, 3.05) is 6.61 Å². The van der Waals surface area contributed by atoms with Gasteiger partial charge in [-0.15, -0.1) is 0 Å². The Kier molecular flexibility index (Phi) is 3.94. The molecule has 0 bridgehead atoms. The standard InChI is InChI=1S/C14H17NO2/c1-11-5-4-6-12(9-11)14-15-13(10-17-14)7-2-3-8-16/h4-6,9-10,16H,2-3,7-8H2,1H3. The van der Waals surface area contributed by atoms with Gasteiger partial charge in [0.05, 0.1) is 5.69 Å². The van der Waals surface area contributed by atoms with Crippen molar-refractivity contribution in [2.45, 2.75) is 26.2 Å². The number of hydrogen-bond acceptors (Lipinski definition) is 3. The number of nitrogens with zero attached hydrogens (tertiary/aromatic N) is 1. The molecular formula is C14H17NO2. The maximum atomic E-state index is 8.71. The lowest BCUT2D eigenvalue weighted by molar-refractivity contribution is 0.284. The normalized spacial score (nSPS) is 10.7. The maximum Gasteiger partial charge on any atom is 0.226 e. The van der Waals surface area contributed by atoms with Crippen LogP contribution in [0.2, 0.25) is 0 Å². The largest absolute Gasteiger partial charge is 0.444 e. The summed E-state index contributed by atoms with van der Waals surface area (Å²) in [6.07, 6.45) is 4.31. The minimum absolute atomic E-state index is 0.239. The fourth-order valence-electron chi connectivity index (χ4n) is 1.75. The SMILES string of the molecule is Cc1cccc(-c2nc(CCCCO)co2)c1. The van der Waals surface area contributed by atoms with Gasteiger partial charge in [-0.05, 0) is 38.3 Å². The van der Waals surface area contributed by atoms with Crippen molar-refractivity contribution in [3.05, 3.63) is 41.8 Å². The third-order valence-corrected chi connectivity index (χ3v) is 2.66. The Morgan fingerprint density at radius 3 is 2.94 bits per heavy atom. The third-order valence-electron chi connectivity index (χ3n) is 2.66. The van der Waals surface area contributed by atoms with Crippen molar-refractivity contribution in [1.29, 1.82) is 0 Å². The lowest BCUT2D eigenvalue weighted by atomic mass is 10.1. The lowest BCUT2D eigenvalue weighted by Crippen LogP contribution is -1.89. The number of aliphatic hydroxyl groups excluding tert-OH is 1. The molecule has 0 atom stereocenters. The zero-order chi connectivity index (χ0) is 12.1. The van der Waals surface area contributed by atoms with Gasteiger partial charge in [-0.25, -0.2) is 4.98 Å². The minimum Gasteiger partial charge on any atom is -0.444 e.